The maximum Gasteiger partial charge on any atom is 0.193 e. The molecule has 2 rings (SSSR count). The summed E-state index contributed by atoms with van der Waals surface area (Å²) in [6.45, 7) is 7.23. The quantitative estimate of drug-likeness (QED) is 0.370. The lowest BCUT2D eigenvalue weighted by atomic mass is 10.1. The Labute approximate surface area is 173 Å². The molecular formula is C20H28IN3O2. The number of ether oxygens (including phenoxy) is 2. The predicted molar refractivity (Wildman–Crippen MR) is 118 cm³/mol. The normalized spacial score (nSPS) is 11.6. The minimum Gasteiger partial charge on any atom is -0.497 e. The number of methoxy groups -OCH3 is 1. The first-order valence-corrected chi connectivity index (χ1v) is 8.28. The maximum atomic E-state index is 5.97. The fraction of sp³-hybridized carbons (Fsp3) is 0.350. The molecule has 0 amide bonds. The molecule has 0 fully saturated rings. The predicted octanol–water partition coefficient (Wildman–Crippen LogP) is 4.56. The zero-order chi connectivity index (χ0) is 18.3. The topological polar surface area (TPSA) is 68.9 Å². The van der Waals surface area contributed by atoms with Crippen molar-refractivity contribution < 1.29 is 9.47 Å². The number of hydrogen-bond donors (Lipinski definition) is 2. The van der Waals surface area contributed by atoms with Gasteiger partial charge >= 0.3 is 0 Å². The molecule has 0 unspecified atom stereocenters. The van der Waals surface area contributed by atoms with E-state index < -0.39 is 0 Å². The highest BCUT2D eigenvalue weighted by atomic mass is 127. The number of anilines is 1. The van der Waals surface area contributed by atoms with E-state index in [9.17, 15) is 0 Å². The van der Waals surface area contributed by atoms with Gasteiger partial charge in [0.25, 0.3) is 0 Å². The number of nitrogens with two attached hydrogens (primary N) is 1. The number of nitrogens with zero attached hydrogens (tertiary/aromatic N) is 1. The molecule has 6 heteroatoms. The van der Waals surface area contributed by atoms with Crippen molar-refractivity contribution in [3.05, 3.63) is 59.7 Å². The number of halogens is 1. The average Bonchev–Trinajstić information content (AvgIpc) is 2.58. The summed E-state index contributed by atoms with van der Waals surface area (Å²) in [4.78, 5) is 4.40. The maximum absolute atomic E-state index is 5.97. The summed E-state index contributed by atoms with van der Waals surface area (Å²) in [6.07, 6.45) is 0. The first-order chi connectivity index (χ1) is 11.9. The summed E-state index contributed by atoms with van der Waals surface area (Å²) >= 11 is 0. The number of benzene rings is 2. The van der Waals surface area contributed by atoms with Crippen molar-refractivity contribution >= 4 is 35.6 Å². The van der Waals surface area contributed by atoms with Gasteiger partial charge in [0.05, 0.1) is 25.9 Å². The lowest BCUT2D eigenvalue weighted by Crippen LogP contribution is -2.22. The number of hydrogen-bond acceptors (Lipinski definition) is 3. The third kappa shape index (κ3) is 8.05. The van der Waals surface area contributed by atoms with Crippen LogP contribution in [0.1, 0.15) is 31.9 Å². The Bertz CT molecular complexity index is 727. The van der Waals surface area contributed by atoms with Crippen molar-refractivity contribution in [3.8, 4) is 5.75 Å². The van der Waals surface area contributed by atoms with E-state index in [4.69, 9.17) is 15.2 Å². The molecule has 142 valence electrons. The number of rotatable bonds is 6. The van der Waals surface area contributed by atoms with Crippen LogP contribution in [0.4, 0.5) is 5.69 Å². The lowest BCUT2D eigenvalue weighted by molar-refractivity contribution is -0.0149. The molecule has 0 bridgehead atoms. The average molecular weight is 469 g/mol. The van der Waals surface area contributed by atoms with Crippen LogP contribution in [0.5, 0.6) is 5.75 Å². The van der Waals surface area contributed by atoms with Gasteiger partial charge in [-0.25, -0.2) is 4.99 Å². The Morgan fingerprint density at radius 3 is 2.46 bits per heavy atom. The van der Waals surface area contributed by atoms with E-state index in [0.717, 1.165) is 22.6 Å². The summed E-state index contributed by atoms with van der Waals surface area (Å²) < 4.78 is 11.0. The molecule has 0 aliphatic heterocycles. The van der Waals surface area contributed by atoms with Gasteiger partial charge in [-0.05, 0) is 44.0 Å². The van der Waals surface area contributed by atoms with E-state index in [1.54, 1.807) is 7.11 Å². The van der Waals surface area contributed by atoms with Gasteiger partial charge in [-0.3, -0.25) is 0 Å². The van der Waals surface area contributed by atoms with Crippen molar-refractivity contribution in [2.24, 2.45) is 10.7 Å². The van der Waals surface area contributed by atoms with E-state index >= 15 is 0 Å². The lowest BCUT2D eigenvalue weighted by Gasteiger charge is -2.19. The Hall–Kier alpha value is -1.80. The molecule has 2 aromatic rings. The van der Waals surface area contributed by atoms with Gasteiger partial charge in [0.2, 0.25) is 0 Å². The zero-order valence-electron chi connectivity index (χ0n) is 15.8. The van der Waals surface area contributed by atoms with Crippen molar-refractivity contribution in [1.82, 2.24) is 0 Å². The minimum atomic E-state index is -0.154. The van der Waals surface area contributed by atoms with E-state index in [-0.39, 0.29) is 29.6 Å². The summed E-state index contributed by atoms with van der Waals surface area (Å²) in [5.41, 5.74) is 8.87. The Morgan fingerprint density at radius 1 is 1.08 bits per heavy atom. The van der Waals surface area contributed by atoms with Crippen molar-refractivity contribution in [1.29, 1.82) is 0 Å². The third-order valence-electron chi connectivity index (χ3n) is 3.44. The molecular weight excluding hydrogens is 441 g/mol. The van der Waals surface area contributed by atoms with Crippen LogP contribution in [-0.4, -0.2) is 18.7 Å². The van der Waals surface area contributed by atoms with Crippen molar-refractivity contribution in [2.45, 2.75) is 39.5 Å². The molecule has 0 aromatic heterocycles. The van der Waals surface area contributed by atoms with Gasteiger partial charge in [0, 0.05) is 11.8 Å². The minimum absolute atomic E-state index is 0. The number of nitrogens with one attached hydrogen (secondary N) is 1. The second kappa shape index (κ2) is 10.4. The van der Waals surface area contributed by atoms with Gasteiger partial charge in [0.15, 0.2) is 5.96 Å². The van der Waals surface area contributed by atoms with Gasteiger partial charge in [-0.2, -0.15) is 0 Å². The van der Waals surface area contributed by atoms with E-state index in [2.05, 4.69) is 22.4 Å². The largest absolute Gasteiger partial charge is 0.497 e. The molecule has 0 aliphatic rings. The summed E-state index contributed by atoms with van der Waals surface area (Å²) in [5.74, 6) is 1.13. The van der Waals surface area contributed by atoms with Crippen LogP contribution in [0.15, 0.2) is 53.5 Å². The standard InChI is InChI=1S/C20H27N3O2.HI/c1-20(2,3)25-14-16-8-5-7-15(11-16)13-22-19(21)23-17-9-6-10-18(12-17)24-4;/h5-12H,13-14H2,1-4H3,(H3,21,22,23);1H. The highest BCUT2D eigenvalue weighted by molar-refractivity contribution is 14.0. The van der Waals surface area contributed by atoms with Gasteiger partial charge in [-0.15, -0.1) is 24.0 Å². The Balaban J connectivity index is 0.00000338. The van der Waals surface area contributed by atoms with Crippen molar-refractivity contribution in [3.63, 3.8) is 0 Å². The number of guanidine groups is 1. The summed E-state index contributed by atoms with van der Waals surface area (Å²) in [5, 5.41) is 3.07. The second-order valence-electron chi connectivity index (χ2n) is 6.78. The summed E-state index contributed by atoms with van der Waals surface area (Å²) in [7, 11) is 1.63. The molecule has 2 aromatic carbocycles. The van der Waals surface area contributed by atoms with E-state index in [0.29, 0.717) is 19.1 Å². The van der Waals surface area contributed by atoms with Crippen LogP contribution in [-0.2, 0) is 17.9 Å². The fourth-order valence-electron chi connectivity index (χ4n) is 2.18. The van der Waals surface area contributed by atoms with Crippen molar-refractivity contribution in [2.75, 3.05) is 12.4 Å². The van der Waals surface area contributed by atoms with Gasteiger partial charge in [-0.1, -0.05) is 30.3 Å². The molecule has 0 atom stereocenters. The zero-order valence-corrected chi connectivity index (χ0v) is 18.1. The highest BCUT2D eigenvalue weighted by Gasteiger charge is 2.10. The van der Waals surface area contributed by atoms with Gasteiger partial charge < -0.3 is 20.5 Å². The van der Waals surface area contributed by atoms with Crippen LogP contribution in [0.3, 0.4) is 0 Å². The third-order valence-corrected chi connectivity index (χ3v) is 3.44. The smallest absolute Gasteiger partial charge is 0.193 e. The SMILES string of the molecule is COc1cccc(NC(N)=NCc2cccc(COC(C)(C)C)c2)c1.I. The van der Waals surface area contributed by atoms with Gasteiger partial charge in [0.1, 0.15) is 5.75 Å². The molecule has 0 spiro atoms. The molecule has 26 heavy (non-hydrogen) atoms. The summed E-state index contributed by atoms with van der Waals surface area (Å²) in [6, 6.07) is 15.7. The Kier molecular flexibility index (Phi) is 8.87. The molecule has 0 aliphatic carbocycles. The second-order valence-corrected chi connectivity index (χ2v) is 6.78. The monoisotopic (exact) mass is 469 g/mol. The highest BCUT2D eigenvalue weighted by Crippen LogP contribution is 2.17. The molecule has 0 saturated heterocycles. The Morgan fingerprint density at radius 2 is 1.77 bits per heavy atom. The molecule has 0 heterocycles. The fourth-order valence-corrected chi connectivity index (χ4v) is 2.18. The number of aliphatic imine (C=N–C) groups is 1. The molecule has 0 radical (unpaired) electrons. The first kappa shape index (κ1) is 22.2. The van der Waals surface area contributed by atoms with Crippen LogP contribution in [0, 0.1) is 0 Å². The van der Waals surface area contributed by atoms with Crippen LogP contribution in [0.25, 0.3) is 0 Å². The molecule has 3 N–H and O–H groups in total. The van der Waals surface area contributed by atoms with Crippen LogP contribution >= 0.6 is 24.0 Å². The van der Waals surface area contributed by atoms with Crippen LogP contribution < -0.4 is 15.8 Å². The van der Waals surface area contributed by atoms with E-state index in [1.165, 1.54) is 0 Å². The first-order valence-electron chi connectivity index (χ1n) is 8.28. The van der Waals surface area contributed by atoms with E-state index in [1.807, 2.05) is 57.2 Å². The molecule has 0 saturated carbocycles. The van der Waals surface area contributed by atoms with Crippen LogP contribution in [0.2, 0.25) is 0 Å². The molecule has 5 nitrogen and oxygen atoms in total.